The molecule has 0 bridgehead atoms. The summed E-state index contributed by atoms with van der Waals surface area (Å²) in [5.74, 6) is -0.0619. The molecule has 5 aromatic carbocycles. The second-order valence-corrected chi connectivity index (χ2v) is 16.2. The molecule has 1 aromatic heterocycles. The van der Waals surface area contributed by atoms with Gasteiger partial charge in [0.25, 0.3) is 5.91 Å². The molecule has 2 N–H and O–H groups in total. The highest BCUT2D eigenvalue weighted by molar-refractivity contribution is 7.22. The molecule has 8 rings (SSSR count). The Morgan fingerprint density at radius 3 is 2.12 bits per heavy atom. The lowest BCUT2D eigenvalue weighted by molar-refractivity contribution is -0.117. The van der Waals surface area contributed by atoms with Crippen molar-refractivity contribution in [2.45, 2.75) is 45.3 Å². The van der Waals surface area contributed by atoms with E-state index in [-0.39, 0.29) is 23.5 Å². The topological polar surface area (TPSA) is 125 Å². The van der Waals surface area contributed by atoms with E-state index in [0.29, 0.717) is 30.6 Å². The second kappa shape index (κ2) is 17.6. The van der Waals surface area contributed by atoms with Gasteiger partial charge in [-0.2, -0.15) is 0 Å². The quantitative estimate of drug-likeness (QED) is 0.125. The number of carboxylic acids is 1. The highest BCUT2D eigenvalue weighted by Gasteiger charge is 2.26. The van der Waals surface area contributed by atoms with E-state index in [2.05, 4.69) is 26.2 Å². The Morgan fingerprint density at radius 1 is 0.780 bits per heavy atom. The van der Waals surface area contributed by atoms with Crippen LogP contribution in [0, 0.1) is 6.92 Å². The van der Waals surface area contributed by atoms with Crippen molar-refractivity contribution >= 4 is 55.8 Å². The summed E-state index contributed by atoms with van der Waals surface area (Å²) in [5, 5.41) is 12.9. The number of aryl methyl sites for hydroxylation is 1. The fourth-order valence-corrected chi connectivity index (χ4v) is 8.40. The molecule has 12 heteroatoms. The summed E-state index contributed by atoms with van der Waals surface area (Å²) in [4.78, 5) is 49.0. The number of carbonyl (C=O) groups excluding carboxylic acids is 2. The molecule has 59 heavy (non-hydrogen) atoms. The van der Waals surface area contributed by atoms with Gasteiger partial charge in [-0.05, 0) is 97.8 Å². The number of aromatic carboxylic acids is 1. The minimum atomic E-state index is -0.940. The molecule has 0 radical (unpaired) electrons. The lowest BCUT2D eigenvalue weighted by atomic mass is 9.99. The number of carbonyl (C=O) groups is 3. The molecule has 2 saturated heterocycles. The van der Waals surface area contributed by atoms with Gasteiger partial charge < -0.3 is 34.6 Å². The first-order valence-electron chi connectivity index (χ1n) is 20.0. The first kappa shape index (κ1) is 39.4. The Kier molecular flexibility index (Phi) is 11.8. The van der Waals surface area contributed by atoms with Gasteiger partial charge in [0.1, 0.15) is 24.2 Å². The zero-order chi connectivity index (χ0) is 40.9. The fourth-order valence-electron chi connectivity index (χ4n) is 7.53. The maximum absolute atomic E-state index is 13.7. The number of piperidine rings is 1. The molecule has 302 valence electrons. The number of ether oxygens (including phenoxy) is 2. The van der Waals surface area contributed by atoms with E-state index >= 15 is 0 Å². The number of anilines is 3. The first-order chi connectivity index (χ1) is 28.6. The van der Waals surface area contributed by atoms with Crippen LogP contribution in [0.5, 0.6) is 11.5 Å². The molecule has 6 aromatic rings. The number of piperazine rings is 1. The molecule has 2 aliphatic heterocycles. The van der Waals surface area contributed by atoms with E-state index in [9.17, 15) is 19.5 Å². The van der Waals surface area contributed by atoms with Crippen LogP contribution in [0.15, 0.2) is 115 Å². The number of carboxylic acid groups (broad SMARTS) is 1. The van der Waals surface area contributed by atoms with Crippen molar-refractivity contribution in [1.29, 1.82) is 0 Å². The number of aromatic nitrogens is 1. The summed E-state index contributed by atoms with van der Waals surface area (Å²) < 4.78 is 13.8. The standard InChI is InChI=1S/C47H47N5O6S/c1-31-7-11-34(12-8-31)45(54)52-21-19-40(20-22-52)58-39-17-9-33(10-18-39)30-57-41-28-36(32(2)44(53)49-47-48-42-5-3-4-6-43(42)59-47)27-38(29-41)51-25-23-50(24-26-51)37-15-13-35(14-16-37)46(55)56/h3-18,27-29,32,40H,19-26,30H2,1-2H3,(H,55,56)(H,48,49,53). The summed E-state index contributed by atoms with van der Waals surface area (Å²) in [6, 6.07) is 36.5. The molecule has 3 heterocycles. The van der Waals surface area contributed by atoms with E-state index < -0.39 is 11.9 Å². The van der Waals surface area contributed by atoms with E-state index in [1.807, 2.05) is 116 Å². The number of thiazole rings is 1. The SMILES string of the molecule is Cc1ccc(C(=O)N2CCC(Oc3ccc(COc4cc(C(C)C(=O)Nc5nc6ccccc6s5)cc(N5CCN(c6ccc(C(=O)O)cc6)CC5)c4)cc3)CC2)cc1. The summed E-state index contributed by atoms with van der Waals surface area (Å²) in [5.41, 5.74) is 6.73. The van der Waals surface area contributed by atoms with Crippen LogP contribution >= 0.6 is 11.3 Å². The number of hydrogen-bond donors (Lipinski definition) is 2. The molecule has 2 fully saturated rings. The molecule has 0 saturated carbocycles. The highest BCUT2D eigenvalue weighted by Crippen LogP contribution is 2.33. The van der Waals surface area contributed by atoms with Crippen molar-refractivity contribution in [2.24, 2.45) is 0 Å². The van der Waals surface area contributed by atoms with E-state index in [1.165, 1.54) is 11.3 Å². The Morgan fingerprint density at radius 2 is 1.44 bits per heavy atom. The fraction of sp³-hybridized carbons (Fsp3) is 0.277. The average Bonchev–Trinajstić information content (AvgIpc) is 3.68. The third-order valence-corrected chi connectivity index (χ3v) is 12.1. The van der Waals surface area contributed by atoms with Crippen molar-refractivity contribution in [3.05, 3.63) is 143 Å². The number of fused-ring (bicyclic) bond motifs is 1. The monoisotopic (exact) mass is 809 g/mol. The van der Waals surface area contributed by atoms with Crippen LogP contribution in [0.4, 0.5) is 16.5 Å². The molecule has 11 nitrogen and oxygen atoms in total. The van der Waals surface area contributed by atoms with Crippen LogP contribution in [0.2, 0.25) is 0 Å². The first-order valence-corrected chi connectivity index (χ1v) is 20.9. The van der Waals surface area contributed by atoms with E-state index in [0.717, 1.165) is 88.6 Å². The summed E-state index contributed by atoms with van der Waals surface area (Å²) in [6.45, 7) is 8.53. The molecule has 1 atom stereocenters. The number of nitrogens with one attached hydrogen (secondary N) is 1. The smallest absolute Gasteiger partial charge is 0.335 e. The van der Waals surface area contributed by atoms with Crippen molar-refractivity contribution in [2.75, 3.05) is 54.4 Å². The lowest BCUT2D eigenvalue weighted by Crippen LogP contribution is -2.46. The molecular formula is C47H47N5O6S. The van der Waals surface area contributed by atoms with Crippen LogP contribution in [0.1, 0.15) is 63.1 Å². The van der Waals surface area contributed by atoms with Gasteiger partial charge >= 0.3 is 5.97 Å². The van der Waals surface area contributed by atoms with Crippen molar-refractivity contribution < 1.29 is 29.0 Å². The number of nitrogens with zero attached hydrogens (tertiary/aromatic N) is 4. The number of likely N-dealkylation sites (tertiary alicyclic amines) is 1. The van der Waals surface area contributed by atoms with Crippen molar-refractivity contribution in [3.8, 4) is 11.5 Å². The van der Waals surface area contributed by atoms with Gasteiger partial charge in [0, 0.05) is 75.1 Å². The Labute approximate surface area is 347 Å². The minimum Gasteiger partial charge on any atom is -0.490 e. The molecule has 0 aliphatic carbocycles. The van der Waals surface area contributed by atoms with Gasteiger partial charge in [-0.1, -0.05) is 53.3 Å². The Hall–Kier alpha value is -6.40. The van der Waals surface area contributed by atoms with Gasteiger partial charge in [-0.15, -0.1) is 0 Å². The number of benzene rings is 5. The number of para-hydroxylation sites is 1. The predicted molar refractivity (Wildman–Crippen MR) is 232 cm³/mol. The maximum Gasteiger partial charge on any atom is 0.335 e. The minimum absolute atomic E-state index is 0.0357. The third-order valence-electron chi connectivity index (χ3n) is 11.1. The second-order valence-electron chi connectivity index (χ2n) is 15.2. The largest absolute Gasteiger partial charge is 0.490 e. The third kappa shape index (κ3) is 9.50. The van der Waals surface area contributed by atoms with E-state index in [1.54, 1.807) is 12.1 Å². The number of hydrogen-bond acceptors (Lipinski definition) is 9. The van der Waals surface area contributed by atoms with Gasteiger partial charge in [0.2, 0.25) is 5.91 Å². The zero-order valence-electron chi connectivity index (χ0n) is 33.2. The van der Waals surface area contributed by atoms with Gasteiger partial charge in [0.05, 0.1) is 21.7 Å². The normalized spacial score (nSPS) is 15.2. The molecule has 1 unspecified atom stereocenters. The molecular weight excluding hydrogens is 763 g/mol. The molecule has 2 aliphatic rings. The molecule has 0 spiro atoms. The Bertz CT molecular complexity index is 2390. The van der Waals surface area contributed by atoms with Gasteiger partial charge in [-0.3, -0.25) is 9.59 Å². The van der Waals surface area contributed by atoms with Crippen molar-refractivity contribution in [3.63, 3.8) is 0 Å². The van der Waals surface area contributed by atoms with Crippen LogP contribution in [0.3, 0.4) is 0 Å². The van der Waals surface area contributed by atoms with Crippen LogP contribution in [-0.2, 0) is 11.4 Å². The van der Waals surface area contributed by atoms with Crippen molar-refractivity contribution in [1.82, 2.24) is 9.88 Å². The number of amides is 2. The number of rotatable bonds is 12. The van der Waals surface area contributed by atoms with Gasteiger partial charge in [-0.25, -0.2) is 9.78 Å². The summed E-state index contributed by atoms with van der Waals surface area (Å²) in [6.07, 6.45) is 1.58. The van der Waals surface area contributed by atoms with Crippen LogP contribution in [-0.4, -0.2) is 78.1 Å². The lowest BCUT2D eigenvalue weighted by Gasteiger charge is -2.37. The summed E-state index contributed by atoms with van der Waals surface area (Å²) >= 11 is 1.45. The van der Waals surface area contributed by atoms with Gasteiger partial charge in [0.15, 0.2) is 5.13 Å². The van der Waals surface area contributed by atoms with Crippen LogP contribution in [0.25, 0.3) is 10.2 Å². The zero-order valence-corrected chi connectivity index (χ0v) is 34.0. The Balaban J connectivity index is 0.917. The van der Waals surface area contributed by atoms with E-state index in [4.69, 9.17) is 9.47 Å². The predicted octanol–water partition coefficient (Wildman–Crippen LogP) is 8.63. The highest BCUT2D eigenvalue weighted by atomic mass is 32.1. The molecule has 2 amide bonds. The summed E-state index contributed by atoms with van der Waals surface area (Å²) in [7, 11) is 0. The maximum atomic E-state index is 13.7. The van der Waals surface area contributed by atoms with Crippen LogP contribution < -0.4 is 24.6 Å². The average molecular weight is 810 g/mol.